The van der Waals surface area contributed by atoms with Crippen molar-refractivity contribution in [1.29, 1.82) is 0 Å². The third-order valence-corrected chi connectivity index (χ3v) is 2.05. The fourth-order valence-electron chi connectivity index (χ4n) is 0.978. The molecule has 1 unspecified atom stereocenters. The molecular formula is C9H11F3O3. The first-order valence-corrected chi connectivity index (χ1v) is 4.15. The van der Waals surface area contributed by atoms with Crippen molar-refractivity contribution < 1.29 is 27.9 Å². The lowest BCUT2D eigenvalue weighted by molar-refractivity contribution is -0.173. The summed E-state index contributed by atoms with van der Waals surface area (Å²) in [6, 6.07) is 0. The minimum absolute atomic E-state index is 0.686. The van der Waals surface area contributed by atoms with Gasteiger partial charge in [0, 0.05) is 6.42 Å². The van der Waals surface area contributed by atoms with Gasteiger partial charge < -0.3 is 5.11 Å². The first-order valence-electron chi connectivity index (χ1n) is 4.15. The fourth-order valence-corrected chi connectivity index (χ4v) is 0.978. The SMILES string of the molecule is C=C[C@H](C)C(CC(=O)C(F)(F)F)C(=O)O. The van der Waals surface area contributed by atoms with Gasteiger partial charge in [-0.2, -0.15) is 13.2 Å². The van der Waals surface area contributed by atoms with E-state index in [9.17, 15) is 22.8 Å². The molecule has 0 aromatic rings. The minimum atomic E-state index is -4.98. The number of allylic oxidation sites excluding steroid dienone is 1. The van der Waals surface area contributed by atoms with Crippen molar-refractivity contribution in [2.45, 2.75) is 19.5 Å². The van der Waals surface area contributed by atoms with Crippen LogP contribution in [-0.4, -0.2) is 23.0 Å². The van der Waals surface area contributed by atoms with Gasteiger partial charge in [-0.3, -0.25) is 9.59 Å². The molecule has 0 radical (unpaired) electrons. The number of hydrogen-bond donors (Lipinski definition) is 1. The highest BCUT2D eigenvalue weighted by atomic mass is 19.4. The predicted molar refractivity (Wildman–Crippen MR) is 46.2 cm³/mol. The molecule has 0 heterocycles. The number of carboxylic acid groups (broad SMARTS) is 1. The largest absolute Gasteiger partial charge is 0.481 e. The van der Waals surface area contributed by atoms with Crippen LogP contribution >= 0.6 is 0 Å². The van der Waals surface area contributed by atoms with E-state index >= 15 is 0 Å². The smallest absolute Gasteiger partial charge is 0.449 e. The second-order valence-electron chi connectivity index (χ2n) is 3.16. The van der Waals surface area contributed by atoms with Crippen molar-refractivity contribution in [3.05, 3.63) is 12.7 Å². The first-order chi connectivity index (χ1) is 6.70. The maximum Gasteiger partial charge on any atom is 0.449 e. The van der Waals surface area contributed by atoms with Crippen LogP contribution in [0.5, 0.6) is 0 Å². The maximum atomic E-state index is 11.9. The second-order valence-corrected chi connectivity index (χ2v) is 3.16. The molecule has 0 saturated heterocycles. The summed E-state index contributed by atoms with van der Waals surface area (Å²) < 4.78 is 35.6. The number of carbonyl (C=O) groups excluding carboxylic acids is 1. The third-order valence-electron chi connectivity index (χ3n) is 2.05. The molecule has 0 aliphatic heterocycles. The van der Waals surface area contributed by atoms with Gasteiger partial charge in [0.25, 0.3) is 0 Å². The van der Waals surface area contributed by atoms with E-state index in [0.717, 1.165) is 0 Å². The lowest BCUT2D eigenvalue weighted by atomic mass is 9.89. The number of rotatable bonds is 5. The van der Waals surface area contributed by atoms with E-state index in [2.05, 4.69) is 6.58 Å². The van der Waals surface area contributed by atoms with Gasteiger partial charge in [0.2, 0.25) is 5.78 Å². The summed E-state index contributed by atoms with van der Waals surface area (Å²) in [5.41, 5.74) is 0. The zero-order valence-corrected chi connectivity index (χ0v) is 8.04. The average Bonchev–Trinajstić information content (AvgIpc) is 2.10. The predicted octanol–water partition coefficient (Wildman–Crippen LogP) is 2.03. The van der Waals surface area contributed by atoms with Crippen LogP contribution in [0.4, 0.5) is 13.2 Å². The summed E-state index contributed by atoms with van der Waals surface area (Å²) in [4.78, 5) is 21.2. The Bertz CT molecular complexity index is 270. The van der Waals surface area contributed by atoms with Crippen LogP contribution < -0.4 is 0 Å². The molecule has 2 atom stereocenters. The van der Waals surface area contributed by atoms with Crippen LogP contribution in [0.3, 0.4) is 0 Å². The van der Waals surface area contributed by atoms with Gasteiger partial charge in [0.15, 0.2) is 0 Å². The molecule has 0 aromatic carbocycles. The molecule has 15 heavy (non-hydrogen) atoms. The lowest BCUT2D eigenvalue weighted by Crippen LogP contribution is -2.30. The van der Waals surface area contributed by atoms with Gasteiger partial charge in [0.1, 0.15) is 0 Å². The molecule has 0 saturated carbocycles. The number of Topliss-reactive ketones (excluding diaryl/α,β-unsaturated/α-hetero) is 1. The summed E-state index contributed by atoms with van der Waals surface area (Å²) in [6.45, 7) is 4.68. The molecule has 1 N–H and O–H groups in total. The highest BCUT2D eigenvalue weighted by Gasteiger charge is 2.41. The van der Waals surface area contributed by atoms with E-state index in [1.165, 1.54) is 13.0 Å². The van der Waals surface area contributed by atoms with Gasteiger partial charge >= 0.3 is 12.1 Å². The van der Waals surface area contributed by atoms with E-state index in [1.54, 1.807) is 0 Å². The van der Waals surface area contributed by atoms with Crippen molar-refractivity contribution in [2.24, 2.45) is 11.8 Å². The highest BCUT2D eigenvalue weighted by Crippen LogP contribution is 2.24. The Labute approximate surface area is 84.6 Å². The van der Waals surface area contributed by atoms with Crippen molar-refractivity contribution >= 4 is 11.8 Å². The van der Waals surface area contributed by atoms with Gasteiger partial charge in [-0.05, 0) is 5.92 Å². The molecule has 3 nitrogen and oxygen atoms in total. The third kappa shape index (κ3) is 4.14. The van der Waals surface area contributed by atoms with Crippen molar-refractivity contribution in [2.75, 3.05) is 0 Å². The van der Waals surface area contributed by atoms with E-state index < -0.39 is 36.2 Å². The number of hydrogen-bond acceptors (Lipinski definition) is 2. The van der Waals surface area contributed by atoms with E-state index in [-0.39, 0.29) is 0 Å². The Morgan fingerprint density at radius 1 is 1.47 bits per heavy atom. The van der Waals surface area contributed by atoms with Gasteiger partial charge in [-0.25, -0.2) is 0 Å². The Kier molecular flexibility index (Phi) is 4.51. The summed E-state index contributed by atoms with van der Waals surface area (Å²) in [7, 11) is 0. The Hall–Kier alpha value is -1.33. The molecular weight excluding hydrogens is 213 g/mol. The average molecular weight is 224 g/mol. The van der Waals surface area contributed by atoms with Gasteiger partial charge in [-0.1, -0.05) is 13.0 Å². The van der Waals surface area contributed by atoms with Crippen LogP contribution in [0.2, 0.25) is 0 Å². The fraction of sp³-hybridized carbons (Fsp3) is 0.556. The molecule has 6 heteroatoms. The van der Waals surface area contributed by atoms with Gasteiger partial charge in [-0.15, -0.1) is 6.58 Å². The maximum absolute atomic E-state index is 11.9. The number of aliphatic carboxylic acids is 1. The second kappa shape index (κ2) is 4.95. The van der Waals surface area contributed by atoms with Crippen LogP contribution in [0.15, 0.2) is 12.7 Å². The molecule has 86 valence electrons. The van der Waals surface area contributed by atoms with Crippen LogP contribution in [-0.2, 0) is 9.59 Å². The Morgan fingerprint density at radius 3 is 2.20 bits per heavy atom. The van der Waals surface area contributed by atoms with E-state index in [1.807, 2.05) is 0 Å². The normalized spacial score (nSPS) is 15.5. The van der Waals surface area contributed by atoms with E-state index in [0.29, 0.717) is 0 Å². The summed E-state index contributed by atoms with van der Waals surface area (Å²) in [5, 5.41) is 8.62. The molecule has 0 aliphatic carbocycles. The van der Waals surface area contributed by atoms with Crippen molar-refractivity contribution in [3.63, 3.8) is 0 Å². The quantitative estimate of drug-likeness (QED) is 0.727. The summed E-state index contributed by atoms with van der Waals surface area (Å²) in [5.74, 6) is -5.52. The molecule has 0 bridgehead atoms. The van der Waals surface area contributed by atoms with Crippen molar-refractivity contribution in [1.82, 2.24) is 0 Å². The zero-order valence-electron chi connectivity index (χ0n) is 8.04. The molecule has 0 rings (SSSR count). The number of alkyl halides is 3. The summed E-state index contributed by atoms with van der Waals surface area (Å²) in [6.07, 6.45) is -4.82. The lowest BCUT2D eigenvalue weighted by Gasteiger charge is -2.16. The zero-order chi connectivity index (χ0) is 12.2. The monoisotopic (exact) mass is 224 g/mol. The first kappa shape index (κ1) is 13.7. The highest BCUT2D eigenvalue weighted by molar-refractivity contribution is 5.88. The molecule has 0 aromatic heterocycles. The van der Waals surface area contributed by atoms with Crippen molar-refractivity contribution in [3.8, 4) is 0 Å². The van der Waals surface area contributed by atoms with Crippen LogP contribution in [0, 0.1) is 11.8 Å². The van der Waals surface area contributed by atoms with Gasteiger partial charge in [0.05, 0.1) is 5.92 Å². The standard InChI is InChI=1S/C9H11F3O3/c1-3-5(2)6(8(14)15)4-7(13)9(10,11)12/h3,5-6H,1,4H2,2H3,(H,14,15)/t5-,6?/m0/s1. The topological polar surface area (TPSA) is 54.4 Å². The number of halogens is 3. The van der Waals surface area contributed by atoms with Crippen LogP contribution in [0.1, 0.15) is 13.3 Å². The van der Waals surface area contributed by atoms with Crippen LogP contribution in [0.25, 0.3) is 0 Å². The Morgan fingerprint density at radius 2 is 1.93 bits per heavy atom. The minimum Gasteiger partial charge on any atom is -0.481 e. The molecule has 0 fully saturated rings. The Balaban J connectivity index is 4.64. The molecule has 0 amide bonds. The molecule has 0 aliphatic rings. The summed E-state index contributed by atoms with van der Waals surface area (Å²) >= 11 is 0. The number of carbonyl (C=O) groups is 2. The molecule has 0 spiro atoms. The number of ketones is 1. The van der Waals surface area contributed by atoms with E-state index in [4.69, 9.17) is 5.11 Å². The number of carboxylic acids is 1.